The Balaban J connectivity index is 2.49. The van der Waals surface area contributed by atoms with E-state index in [4.69, 9.17) is 9.47 Å². The number of ether oxygens (including phenoxy) is 2. The minimum absolute atomic E-state index is 0.0902. The molecule has 1 aliphatic heterocycles. The lowest BCUT2D eigenvalue weighted by atomic mass is 10.2. The van der Waals surface area contributed by atoms with E-state index in [1.165, 1.54) is 0 Å². The van der Waals surface area contributed by atoms with Gasteiger partial charge in [0.2, 0.25) is 0 Å². The molecule has 1 atom stereocenters. The SMILES string of the molecule is CCOCC1COC(=O)N1C(C)C. The van der Waals surface area contributed by atoms with E-state index in [0.29, 0.717) is 19.8 Å². The highest BCUT2D eigenvalue weighted by atomic mass is 16.6. The Morgan fingerprint density at radius 1 is 1.69 bits per heavy atom. The van der Waals surface area contributed by atoms with Crippen LogP contribution >= 0.6 is 0 Å². The summed E-state index contributed by atoms with van der Waals surface area (Å²) in [4.78, 5) is 13.0. The van der Waals surface area contributed by atoms with Gasteiger partial charge in [0.05, 0.1) is 12.6 Å². The van der Waals surface area contributed by atoms with Crippen molar-refractivity contribution in [3.8, 4) is 0 Å². The molecule has 0 aromatic heterocycles. The monoisotopic (exact) mass is 187 g/mol. The van der Waals surface area contributed by atoms with E-state index in [1.54, 1.807) is 4.90 Å². The molecule has 1 rings (SSSR count). The van der Waals surface area contributed by atoms with Crippen molar-refractivity contribution in [1.29, 1.82) is 0 Å². The lowest BCUT2D eigenvalue weighted by molar-refractivity contribution is 0.0862. The van der Waals surface area contributed by atoms with Crippen LogP contribution in [0.1, 0.15) is 20.8 Å². The van der Waals surface area contributed by atoms with Crippen molar-refractivity contribution in [2.75, 3.05) is 19.8 Å². The van der Waals surface area contributed by atoms with Crippen LogP contribution in [0.25, 0.3) is 0 Å². The molecular weight excluding hydrogens is 170 g/mol. The molecule has 0 radical (unpaired) electrons. The van der Waals surface area contributed by atoms with Gasteiger partial charge in [0.1, 0.15) is 6.61 Å². The van der Waals surface area contributed by atoms with E-state index in [2.05, 4.69) is 0 Å². The van der Waals surface area contributed by atoms with Gasteiger partial charge in [-0.25, -0.2) is 4.79 Å². The lowest BCUT2D eigenvalue weighted by Crippen LogP contribution is -2.41. The molecule has 1 aliphatic rings. The first-order valence-electron chi connectivity index (χ1n) is 4.69. The van der Waals surface area contributed by atoms with Crippen LogP contribution in [0.2, 0.25) is 0 Å². The minimum atomic E-state index is -0.222. The number of nitrogens with zero attached hydrogens (tertiary/aromatic N) is 1. The first-order chi connectivity index (χ1) is 6.16. The van der Waals surface area contributed by atoms with Crippen LogP contribution in [0.3, 0.4) is 0 Å². The summed E-state index contributed by atoms with van der Waals surface area (Å²) in [5.74, 6) is 0. The fraction of sp³-hybridized carbons (Fsp3) is 0.889. The van der Waals surface area contributed by atoms with E-state index in [1.807, 2.05) is 20.8 Å². The Hall–Kier alpha value is -0.770. The number of hydrogen-bond acceptors (Lipinski definition) is 3. The molecule has 0 saturated carbocycles. The maximum Gasteiger partial charge on any atom is 0.410 e. The van der Waals surface area contributed by atoms with Gasteiger partial charge in [-0.05, 0) is 20.8 Å². The summed E-state index contributed by atoms with van der Waals surface area (Å²) in [6.07, 6.45) is -0.222. The van der Waals surface area contributed by atoms with Gasteiger partial charge in [-0.3, -0.25) is 4.90 Å². The van der Waals surface area contributed by atoms with Crippen LogP contribution in [-0.4, -0.2) is 42.9 Å². The number of amides is 1. The smallest absolute Gasteiger partial charge is 0.410 e. The van der Waals surface area contributed by atoms with Gasteiger partial charge in [-0.15, -0.1) is 0 Å². The number of carbonyl (C=O) groups excluding carboxylic acids is 1. The van der Waals surface area contributed by atoms with Crippen molar-refractivity contribution in [3.63, 3.8) is 0 Å². The first-order valence-corrected chi connectivity index (χ1v) is 4.69. The predicted octanol–water partition coefficient (Wildman–Crippen LogP) is 1.25. The highest BCUT2D eigenvalue weighted by molar-refractivity contribution is 5.70. The quantitative estimate of drug-likeness (QED) is 0.665. The fourth-order valence-electron chi connectivity index (χ4n) is 1.49. The molecule has 0 aromatic carbocycles. The minimum Gasteiger partial charge on any atom is -0.447 e. The van der Waals surface area contributed by atoms with Crippen LogP contribution in [0.4, 0.5) is 4.79 Å². The average Bonchev–Trinajstić information content (AvgIpc) is 2.43. The summed E-state index contributed by atoms with van der Waals surface area (Å²) in [6, 6.07) is 0.271. The maximum absolute atomic E-state index is 11.2. The van der Waals surface area contributed by atoms with Crippen LogP contribution in [0, 0.1) is 0 Å². The number of hydrogen-bond donors (Lipinski definition) is 0. The highest BCUT2D eigenvalue weighted by Gasteiger charge is 2.34. The van der Waals surface area contributed by atoms with Gasteiger partial charge in [0.25, 0.3) is 0 Å². The summed E-state index contributed by atoms with van der Waals surface area (Å²) < 4.78 is 10.2. The van der Waals surface area contributed by atoms with Gasteiger partial charge >= 0.3 is 6.09 Å². The Bertz CT molecular complexity index is 182. The third-order valence-corrected chi connectivity index (χ3v) is 2.07. The third-order valence-electron chi connectivity index (χ3n) is 2.07. The Morgan fingerprint density at radius 3 is 2.92 bits per heavy atom. The zero-order valence-corrected chi connectivity index (χ0v) is 8.45. The van der Waals surface area contributed by atoms with E-state index in [9.17, 15) is 4.79 Å². The maximum atomic E-state index is 11.2. The molecule has 0 bridgehead atoms. The fourth-order valence-corrected chi connectivity index (χ4v) is 1.49. The molecule has 1 unspecified atom stereocenters. The molecule has 0 spiro atoms. The van der Waals surface area contributed by atoms with Crippen molar-refractivity contribution in [1.82, 2.24) is 4.90 Å². The van der Waals surface area contributed by atoms with Crippen LogP contribution in [-0.2, 0) is 9.47 Å². The molecule has 1 amide bonds. The van der Waals surface area contributed by atoms with E-state index in [-0.39, 0.29) is 18.2 Å². The largest absolute Gasteiger partial charge is 0.447 e. The summed E-state index contributed by atoms with van der Waals surface area (Å²) in [5, 5.41) is 0. The second-order valence-corrected chi connectivity index (χ2v) is 3.39. The van der Waals surface area contributed by atoms with Crippen LogP contribution in [0.5, 0.6) is 0 Å². The van der Waals surface area contributed by atoms with Crippen molar-refractivity contribution >= 4 is 6.09 Å². The number of carbonyl (C=O) groups is 1. The van der Waals surface area contributed by atoms with Crippen LogP contribution < -0.4 is 0 Å². The van der Waals surface area contributed by atoms with Crippen molar-refractivity contribution in [2.24, 2.45) is 0 Å². The summed E-state index contributed by atoms with van der Waals surface area (Å²) in [7, 11) is 0. The zero-order valence-electron chi connectivity index (χ0n) is 8.45. The summed E-state index contributed by atoms with van der Waals surface area (Å²) >= 11 is 0. The molecule has 4 nitrogen and oxygen atoms in total. The standard InChI is InChI=1S/C9H17NO3/c1-4-12-5-8-6-13-9(11)10(8)7(2)3/h7-8H,4-6H2,1-3H3. The van der Waals surface area contributed by atoms with Gasteiger partial charge in [-0.1, -0.05) is 0 Å². The lowest BCUT2D eigenvalue weighted by Gasteiger charge is -2.24. The first kappa shape index (κ1) is 10.3. The molecule has 1 heterocycles. The van der Waals surface area contributed by atoms with Crippen LogP contribution in [0.15, 0.2) is 0 Å². The Labute approximate surface area is 78.8 Å². The van der Waals surface area contributed by atoms with E-state index < -0.39 is 0 Å². The zero-order chi connectivity index (χ0) is 9.84. The molecule has 0 aliphatic carbocycles. The normalized spacial score (nSPS) is 22.6. The van der Waals surface area contributed by atoms with Gasteiger partial charge in [-0.2, -0.15) is 0 Å². The second kappa shape index (κ2) is 4.46. The Kier molecular flexibility index (Phi) is 3.54. The molecule has 13 heavy (non-hydrogen) atoms. The molecule has 0 N–H and O–H groups in total. The molecular formula is C9H17NO3. The topological polar surface area (TPSA) is 38.8 Å². The van der Waals surface area contributed by atoms with E-state index >= 15 is 0 Å². The van der Waals surface area contributed by atoms with Crippen molar-refractivity contribution in [2.45, 2.75) is 32.9 Å². The summed E-state index contributed by atoms with van der Waals surface area (Å²) in [5.41, 5.74) is 0. The predicted molar refractivity (Wildman–Crippen MR) is 48.6 cm³/mol. The molecule has 76 valence electrons. The van der Waals surface area contributed by atoms with E-state index in [0.717, 1.165) is 0 Å². The third kappa shape index (κ3) is 2.34. The molecule has 0 aromatic rings. The summed E-state index contributed by atoms with van der Waals surface area (Å²) in [6.45, 7) is 7.60. The van der Waals surface area contributed by atoms with Crippen molar-refractivity contribution < 1.29 is 14.3 Å². The average molecular weight is 187 g/mol. The van der Waals surface area contributed by atoms with Crippen molar-refractivity contribution in [3.05, 3.63) is 0 Å². The van der Waals surface area contributed by atoms with Gasteiger partial charge in [0, 0.05) is 12.6 Å². The molecule has 1 fully saturated rings. The second-order valence-electron chi connectivity index (χ2n) is 3.39. The molecule has 4 heteroatoms. The number of rotatable bonds is 4. The molecule has 1 saturated heterocycles. The highest BCUT2D eigenvalue weighted by Crippen LogP contribution is 2.15. The van der Waals surface area contributed by atoms with Gasteiger partial charge in [0.15, 0.2) is 0 Å². The van der Waals surface area contributed by atoms with Gasteiger partial charge < -0.3 is 9.47 Å². The Morgan fingerprint density at radius 2 is 2.38 bits per heavy atom. The number of cyclic esters (lactones) is 1.